The Balaban J connectivity index is 2.15. The molecule has 1 aromatic heterocycles. The summed E-state index contributed by atoms with van der Waals surface area (Å²) in [5.74, 6) is 0.258. The van der Waals surface area contributed by atoms with E-state index >= 15 is 0 Å². The fourth-order valence-corrected chi connectivity index (χ4v) is 1.72. The number of nitrogens with one attached hydrogen (secondary N) is 2. The van der Waals surface area contributed by atoms with Crippen LogP contribution in [0.1, 0.15) is 21.7 Å². The van der Waals surface area contributed by atoms with Gasteiger partial charge in [-0.25, -0.2) is 4.98 Å². The summed E-state index contributed by atoms with van der Waals surface area (Å²) in [6.45, 7) is 1.80. The van der Waals surface area contributed by atoms with Crippen LogP contribution in [0.3, 0.4) is 0 Å². The van der Waals surface area contributed by atoms with E-state index in [1.165, 1.54) is 12.1 Å². The van der Waals surface area contributed by atoms with Crippen LogP contribution >= 0.6 is 0 Å². The number of nitro groups is 1. The molecule has 19 heavy (non-hydrogen) atoms. The maximum absolute atomic E-state index is 12.0. The number of nitrogens with zero attached hydrogens (tertiary/aromatic N) is 2. The lowest BCUT2D eigenvalue weighted by atomic mass is 10.1. The minimum absolute atomic E-state index is 0.0642. The summed E-state index contributed by atoms with van der Waals surface area (Å²) in [5.41, 5.74) is 0.579. The van der Waals surface area contributed by atoms with Crippen LogP contribution < -0.4 is 5.32 Å². The Morgan fingerprint density at radius 2 is 2.32 bits per heavy atom. The van der Waals surface area contributed by atoms with Crippen molar-refractivity contribution < 1.29 is 9.72 Å². The summed E-state index contributed by atoms with van der Waals surface area (Å²) >= 11 is 0. The number of carbonyl (C=O) groups excluding carboxylic acids is 1. The summed E-state index contributed by atoms with van der Waals surface area (Å²) in [7, 11) is 0. The van der Waals surface area contributed by atoms with Crippen molar-refractivity contribution in [1.82, 2.24) is 15.3 Å². The molecule has 0 atom stereocenters. The number of hydrogen-bond donors (Lipinski definition) is 2. The van der Waals surface area contributed by atoms with Gasteiger partial charge in [-0.1, -0.05) is 6.07 Å². The molecule has 1 amide bonds. The Morgan fingerprint density at radius 1 is 1.53 bits per heavy atom. The molecule has 2 aromatic rings. The molecule has 0 spiro atoms. The van der Waals surface area contributed by atoms with E-state index in [9.17, 15) is 14.9 Å². The molecule has 0 aliphatic rings. The van der Waals surface area contributed by atoms with Gasteiger partial charge in [-0.3, -0.25) is 14.9 Å². The first-order valence-electron chi connectivity index (χ1n) is 5.60. The summed E-state index contributed by atoms with van der Waals surface area (Å²) in [4.78, 5) is 29.1. The molecule has 7 heteroatoms. The van der Waals surface area contributed by atoms with E-state index in [1.54, 1.807) is 25.4 Å². The Hall–Kier alpha value is -2.70. The predicted molar refractivity (Wildman–Crippen MR) is 67.6 cm³/mol. The minimum atomic E-state index is -0.501. The molecule has 0 fully saturated rings. The smallest absolute Gasteiger partial charge is 0.273 e. The van der Waals surface area contributed by atoms with Gasteiger partial charge >= 0.3 is 0 Å². The van der Waals surface area contributed by atoms with Crippen molar-refractivity contribution in [1.29, 1.82) is 0 Å². The topological polar surface area (TPSA) is 101 Å². The number of carbonyl (C=O) groups is 1. The number of aromatic amines is 1. The number of imidazole rings is 1. The summed E-state index contributed by atoms with van der Waals surface area (Å²) in [6, 6.07) is 4.42. The first-order valence-corrected chi connectivity index (χ1v) is 5.60. The number of nitro benzene ring substituents is 1. The quantitative estimate of drug-likeness (QED) is 0.643. The van der Waals surface area contributed by atoms with Crippen molar-refractivity contribution in [2.75, 3.05) is 0 Å². The van der Waals surface area contributed by atoms with Crippen molar-refractivity contribution in [2.45, 2.75) is 13.5 Å². The largest absolute Gasteiger partial charge is 0.347 e. The fraction of sp³-hybridized carbons (Fsp3) is 0.167. The van der Waals surface area contributed by atoms with Crippen LogP contribution in [0.2, 0.25) is 0 Å². The zero-order chi connectivity index (χ0) is 13.8. The first kappa shape index (κ1) is 12.7. The number of amides is 1. The van der Waals surface area contributed by atoms with Gasteiger partial charge in [-0.05, 0) is 13.0 Å². The average molecular weight is 260 g/mol. The number of benzene rings is 1. The highest BCUT2D eigenvalue weighted by Crippen LogP contribution is 2.20. The summed E-state index contributed by atoms with van der Waals surface area (Å²) in [6.07, 6.45) is 3.24. The normalized spacial score (nSPS) is 10.2. The number of aromatic nitrogens is 2. The Kier molecular flexibility index (Phi) is 3.56. The second-order valence-electron chi connectivity index (χ2n) is 3.93. The van der Waals surface area contributed by atoms with Gasteiger partial charge in [-0.15, -0.1) is 0 Å². The molecule has 7 nitrogen and oxygen atoms in total. The van der Waals surface area contributed by atoms with E-state index in [-0.39, 0.29) is 18.1 Å². The molecule has 0 saturated carbocycles. The summed E-state index contributed by atoms with van der Waals surface area (Å²) < 4.78 is 0. The second-order valence-corrected chi connectivity index (χ2v) is 3.93. The van der Waals surface area contributed by atoms with Gasteiger partial charge in [-0.2, -0.15) is 0 Å². The third kappa shape index (κ3) is 2.76. The lowest BCUT2D eigenvalue weighted by Gasteiger charge is -2.06. The van der Waals surface area contributed by atoms with Crippen molar-refractivity contribution >= 4 is 11.6 Å². The lowest BCUT2D eigenvalue weighted by Crippen LogP contribution is -2.24. The molecule has 1 heterocycles. The summed E-state index contributed by atoms with van der Waals surface area (Å²) in [5, 5.41) is 13.5. The van der Waals surface area contributed by atoms with Crippen LogP contribution in [0.15, 0.2) is 30.6 Å². The molecule has 0 aliphatic heterocycles. The SMILES string of the molecule is Cc1c(C(=O)NCc2ncc[nH]2)cccc1[N+](=O)[O-]. The van der Waals surface area contributed by atoms with Crippen molar-refractivity contribution in [3.63, 3.8) is 0 Å². The van der Waals surface area contributed by atoms with Gasteiger partial charge in [0.1, 0.15) is 5.82 Å². The molecule has 0 aliphatic carbocycles. The van der Waals surface area contributed by atoms with Crippen LogP contribution in [0.5, 0.6) is 0 Å². The van der Waals surface area contributed by atoms with Gasteiger partial charge in [0.05, 0.1) is 11.5 Å². The molecule has 0 saturated heterocycles. The zero-order valence-corrected chi connectivity index (χ0v) is 10.2. The van der Waals surface area contributed by atoms with E-state index in [4.69, 9.17) is 0 Å². The van der Waals surface area contributed by atoms with Crippen LogP contribution in [0, 0.1) is 17.0 Å². The van der Waals surface area contributed by atoms with Crippen molar-refractivity contribution in [2.24, 2.45) is 0 Å². The third-order valence-corrected chi connectivity index (χ3v) is 2.72. The fourth-order valence-electron chi connectivity index (χ4n) is 1.72. The molecule has 2 N–H and O–H groups in total. The van der Waals surface area contributed by atoms with Gasteiger partial charge in [0.15, 0.2) is 0 Å². The van der Waals surface area contributed by atoms with Gasteiger partial charge in [0.2, 0.25) is 0 Å². The highest BCUT2D eigenvalue weighted by Gasteiger charge is 2.17. The van der Waals surface area contributed by atoms with Gasteiger partial charge in [0.25, 0.3) is 11.6 Å². The lowest BCUT2D eigenvalue weighted by molar-refractivity contribution is -0.385. The molecular formula is C12H12N4O3. The monoisotopic (exact) mass is 260 g/mol. The molecule has 98 valence electrons. The number of hydrogen-bond acceptors (Lipinski definition) is 4. The molecule has 1 aromatic carbocycles. The molecule has 2 rings (SSSR count). The van der Waals surface area contributed by atoms with Crippen LogP contribution in [-0.2, 0) is 6.54 Å². The predicted octanol–water partition coefficient (Wildman–Crippen LogP) is 1.56. The van der Waals surface area contributed by atoms with Crippen molar-refractivity contribution in [3.05, 3.63) is 57.7 Å². The van der Waals surface area contributed by atoms with Gasteiger partial charge < -0.3 is 10.3 Å². The molecule has 0 unspecified atom stereocenters. The van der Waals surface area contributed by atoms with Crippen LogP contribution in [0.4, 0.5) is 5.69 Å². The Bertz CT molecular complexity index is 607. The highest BCUT2D eigenvalue weighted by atomic mass is 16.6. The maximum Gasteiger partial charge on any atom is 0.273 e. The Labute approximate surface area is 108 Å². The van der Waals surface area contributed by atoms with Crippen LogP contribution in [-0.4, -0.2) is 20.8 Å². The van der Waals surface area contributed by atoms with E-state index in [2.05, 4.69) is 15.3 Å². The van der Waals surface area contributed by atoms with Crippen molar-refractivity contribution in [3.8, 4) is 0 Å². The first-order chi connectivity index (χ1) is 9.09. The minimum Gasteiger partial charge on any atom is -0.347 e. The molecule has 0 radical (unpaired) electrons. The average Bonchev–Trinajstić information content (AvgIpc) is 2.89. The number of H-pyrrole nitrogens is 1. The third-order valence-electron chi connectivity index (χ3n) is 2.72. The second kappa shape index (κ2) is 5.30. The number of rotatable bonds is 4. The van der Waals surface area contributed by atoms with E-state index < -0.39 is 4.92 Å². The van der Waals surface area contributed by atoms with Crippen LogP contribution in [0.25, 0.3) is 0 Å². The molecule has 0 bridgehead atoms. The van der Waals surface area contributed by atoms with E-state index in [1.807, 2.05) is 0 Å². The highest BCUT2D eigenvalue weighted by molar-refractivity contribution is 5.96. The van der Waals surface area contributed by atoms with Gasteiger partial charge in [0, 0.05) is 29.6 Å². The standard InChI is InChI=1S/C12H12N4O3/c1-8-9(3-2-4-10(8)16(18)19)12(17)15-7-11-13-5-6-14-11/h2-6H,7H2,1H3,(H,13,14)(H,15,17). The zero-order valence-electron chi connectivity index (χ0n) is 10.2. The Morgan fingerprint density at radius 3 is 2.95 bits per heavy atom. The molecular weight excluding hydrogens is 248 g/mol. The maximum atomic E-state index is 12.0. The van der Waals surface area contributed by atoms with E-state index in [0.717, 1.165) is 0 Å². The van der Waals surface area contributed by atoms with E-state index in [0.29, 0.717) is 17.0 Å².